The smallest absolute Gasteiger partial charge is 0.157 e. The maximum atomic E-state index is 11.0. The Hall–Kier alpha value is -0.630. The fourth-order valence-corrected chi connectivity index (χ4v) is 0.620. The Kier molecular flexibility index (Phi) is 5.75. The molecule has 2 heteroatoms. The fraction of sp³-hybridized carbons (Fsp3) is 0.667. The topological polar surface area (TPSA) is 29.1 Å². The number of ketones is 1. The molecule has 0 aromatic rings. The van der Waals surface area contributed by atoms with E-state index in [2.05, 4.69) is 5.32 Å². The third-order valence-corrected chi connectivity index (χ3v) is 1.41. The summed E-state index contributed by atoms with van der Waals surface area (Å²) >= 11 is 0. The van der Waals surface area contributed by atoms with Gasteiger partial charge in [0.2, 0.25) is 0 Å². The average Bonchev–Trinajstić information content (AvgIpc) is 1.97. The Morgan fingerprint density at radius 1 is 1.55 bits per heavy atom. The molecule has 0 unspecified atom stereocenters. The molecule has 0 fully saturated rings. The van der Waals surface area contributed by atoms with Crippen molar-refractivity contribution >= 4 is 5.78 Å². The molecule has 0 rings (SSSR count). The van der Waals surface area contributed by atoms with E-state index >= 15 is 0 Å². The minimum Gasteiger partial charge on any atom is -0.319 e. The van der Waals surface area contributed by atoms with E-state index in [4.69, 9.17) is 0 Å². The summed E-state index contributed by atoms with van der Waals surface area (Å²) in [5, 5.41) is 3.01. The molecular formula is C9H17NO. The van der Waals surface area contributed by atoms with E-state index < -0.39 is 0 Å². The van der Waals surface area contributed by atoms with Crippen molar-refractivity contribution in [2.45, 2.75) is 20.3 Å². The summed E-state index contributed by atoms with van der Waals surface area (Å²) < 4.78 is 0. The Balaban J connectivity index is 3.49. The van der Waals surface area contributed by atoms with Gasteiger partial charge in [-0.3, -0.25) is 4.79 Å². The van der Waals surface area contributed by atoms with Crippen molar-refractivity contribution in [2.24, 2.45) is 5.92 Å². The van der Waals surface area contributed by atoms with Crippen LogP contribution in [0.4, 0.5) is 0 Å². The SMILES string of the molecule is CNCC/C=C/C(=O)C(C)C. The second-order valence-electron chi connectivity index (χ2n) is 2.85. The zero-order valence-corrected chi connectivity index (χ0v) is 7.55. The second kappa shape index (κ2) is 6.10. The molecule has 0 aliphatic carbocycles. The normalized spacial score (nSPS) is 11.3. The molecule has 2 nitrogen and oxygen atoms in total. The first kappa shape index (κ1) is 10.4. The summed E-state index contributed by atoms with van der Waals surface area (Å²) in [7, 11) is 1.90. The predicted molar refractivity (Wildman–Crippen MR) is 47.5 cm³/mol. The van der Waals surface area contributed by atoms with Crippen LogP contribution in [-0.2, 0) is 4.79 Å². The van der Waals surface area contributed by atoms with Crippen LogP contribution < -0.4 is 5.32 Å². The molecule has 0 aliphatic heterocycles. The molecule has 0 heterocycles. The van der Waals surface area contributed by atoms with Gasteiger partial charge >= 0.3 is 0 Å². The zero-order chi connectivity index (χ0) is 8.69. The summed E-state index contributed by atoms with van der Waals surface area (Å²) in [6.45, 7) is 4.75. The van der Waals surface area contributed by atoms with Gasteiger partial charge in [-0.05, 0) is 26.1 Å². The van der Waals surface area contributed by atoms with E-state index in [-0.39, 0.29) is 11.7 Å². The molecule has 0 radical (unpaired) electrons. The summed E-state index contributed by atoms with van der Waals surface area (Å²) in [6.07, 6.45) is 4.51. The highest BCUT2D eigenvalue weighted by Crippen LogP contribution is 1.95. The minimum atomic E-state index is 0.126. The minimum absolute atomic E-state index is 0.126. The van der Waals surface area contributed by atoms with Gasteiger partial charge in [0.1, 0.15) is 0 Å². The van der Waals surface area contributed by atoms with Crippen molar-refractivity contribution in [2.75, 3.05) is 13.6 Å². The molecule has 0 aromatic heterocycles. The molecule has 1 N–H and O–H groups in total. The van der Waals surface area contributed by atoms with Gasteiger partial charge in [0.05, 0.1) is 0 Å². The number of hydrogen-bond donors (Lipinski definition) is 1. The molecule has 0 atom stereocenters. The molecular weight excluding hydrogens is 138 g/mol. The molecule has 0 aliphatic rings. The lowest BCUT2D eigenvalue weighted by Gasteiger charge is -1.96. The van der Waals surface area contributed by atoms with E-state index in [1.54, 1.807) is 6.08 Å². The van der Waals surface area contributed by atoms with Gasteiger partial charge in [-0.1, -0.05) is 19.9 Å². The van der Waals surface area contributed by atoms with Crippen LogP contribution in [0.15, 0.2) is 12.2 Å². The van der Waals surface area contributed by atoms with E-state index in [1.807, 2.05) is 27.0 Å². The van der Waals surface area contributed by atoms with Crippen molar-refractivity contribution < 1.29 is 4.79 Å². The zero-order valence-electron chi connectivity index (χ0n) is 7.55. The Labute approximate surface area is 68.7 Å². The van der Waals surface area contributed by atoms with Gasteiger partial charge in [0.15, 0.2) is 5.78 Å². The molecule has 0 spiro atoms. The van der Waals surface area contributed by atoms with Gasteiger partial charge in [0, 0.05) is 5.92 Å². The third kappa shape index (κ3) is 5.80. The Morgan fingerprint density at radius 2 is 2.18 bits per heavy atom. The molecule has 11 heavy (non-hydrogen) atoms. The standard InChI is InChI=1S/C9H17NO/c1-8(2)9(11)6-4-5-7-10-3/h4,6,8,10H,5,7H2,1-3H3/b6-4+. The highest BCUT2D eigenvalue weighted by molar-refractivity contribution is 5.91. The fourth-order valence-electron chi connectivity index (χ4n) is 0.620. The van der Waals surface area contributed by atoms with Crippen LogP contribution in [0.5, 0.6) is 0 Å². The largest absolute Gasteiger partial charge is 0.319 e. The lowest BCUT2D eigenvalue weighted by atomic mass is 10.1. The van der Waals surface area contributed by atoms with Crippen molar-refractivity contribution in [1.29, 1.82) is 0 Å². The third-order valence-electron chi connectivity index (χ3n) is 1.41. The van der Waals surface area contributed by atoms with Crippen LogP contribution >= 0.6 is 0 Å². The lowest BCUT2D eigenvalue weighted by molar-refractivity contribution is -0.117. The average molecular weight is 155 g/mol. The number of carbonyl (C=O) groups is 1. The van der Waals surface area contributed by atoms with E-state index in [0.717, 1.165) is 13.0 Å². The quantitative estimate of drug-likeness (QED) is 0.480. The second-order valence-corrected chi connectivity index (χ2v) is 2.85. The number of hydrogen-bond acceptors (Lipinski definition) is 2. The van der Waals surface area contributed by atoms with Crippen molar-refractivity contribution in [3.05, 3.63) is 12.2 Å². The first-order valence-corrected chi connectivity index (χ1v) is 4.03. The van der Waals surface area contributed by atoms with Gasteiger partial charge in [0.25, 0.3) is 0 Å². The summed E-state index contributed by atoms with van der Waals surface area (Å²) in [5.74, 6) is 0.335. The van der Waals surface area contributed by atoms with Crippen LogP contribution in [0.1, 0.15) is 20.3 Å². The molecule has 0 saturated heterocycles. The van der Waals surface area contributed by atoms with Crippen LogP contribution in [0.2, 0.25) is 0 Å². The van der Waals surface area contributed by atoms with Crippen LogP contribution in [-0.4, -0.2) is 19.4 Å². The van der Waals surface area contributed by atoms with Gasteiger partial charge < -0.3 is 5.32 Å². The molecule has 0 bridgehead atoms. The van der Waals surface area contributed by atoms with Crippen LogP contribution in [0, 0.1) is 5.92 Å². The van der Waals surface area contributed by atoms with E-state index in [0.29, 0.717) is 0 Å². The Morgan fingerprint density at radius 3 is 2.64 bits per heavy atom. The van der Waals surface area contributed by atoms with E-state index in [9.17, 15) is 4.79 Å². The summed E-state index contributed by atoms with van der Waals surface area (Å²) in [6, 6.07) is 0. The van der Waals surface area contributed by atoms with E-state index in [1.165, 1.54) is 0 Å². The maximum absolute atomic E-state index is 11.0. The maximum Gasteiger partial charge on any atom is 0.157 e. The van der Waals surface area contributed by atoms with Crippen molar-refractivity contribution in [3.63, 3.8) is 0 Å². The first-order chi connectivity index (χ1) is 5.18. The Bertz CT molecular complexity index is 138. The number of nitrogens with one attached hydrogen (secondary N) is 1. The van der Waals surface area contributed by atoms with Gasteiger partial charge in [-0.2, -0.15) is 0 Å². The number of carbonyl (C=O) groups excluding carboxylic acids is 1. The van der Waals surface area contributed by atoms with Crippen LogP contribution in [0.25, 0.3) is 0 Å². The predicted octanol–water partition coefficient (Wildman–Crippen LogP) is 1.38. The van der Waals surface area contributed by atoms with Gasteiger partial charge in [-0.25, -0.2) is 0 Å². The summed E-state index contributed by atoms with van der Waals surface area (Å²) in [4.78, 5) is 11.0. The first-order valence-electron chi connectivity index (χ1n) is 4.03. The number of allylic oxidation sites excluding steroid dienone is 1. The van der Waals surface area contributed by atoms with Crippen LogP contribution in [0.3, 0.4) is 0 Å². The molecule has 0 aromatic carbocycles. The van der Waals surface area contributed by atoms with Crippen molar-refractivity contribution in [3.8, 4) is 0 Å². The lowest BCUT2D eigenvalue weighted by Crippen LogP contribution is -2.07. The molecule has 0 amide bonds. The molecule has 0 saturated carbocycles. The van der Waals surface area contributed by atoms with Crippen molar-refractivity contribution in [1.82, 2.24) is 5.32 Å². The number of rotatable bonds is 5. The monoisotopic (exact) mass is 155 g/mol. The molecule has 64 valence electrons. The van der Waals surface area contributed by atoms with Gasteiger partial charge in [-0.15, -0.1) is 0 Å². The summed E-state index contributed by atoms with van der Waals surface area (Å²) in [5.41, 5.74) is 0. The highest BCUT2D eigenvalue weighted by Gasteiger charge is 2.00. The highest BCUT2D eigenvalue weighted by atomic mass is 16.1.